The second-order valence-corrected chi connectivity index (χ2v) is 6.27. The minimum absolute atomic E-state index is 0.0338. The lowest BCUT2D eigenvalue weighted by Gasteiger charge is -2.20. The number of hydrogen-bond donors (Lipinski definition) is 4. The minimum Gasteiger partial charge on any atom is -0.507 e. The van der Waals surface area contributed by atoms with Crippen molar-refractivity contribution in [2.75, 3.05) is 0 Å². The van der Waals surface area contributed by atoms with Crippen LogP contribution in [0.25, 0.3) is 10.8 Å². The molecule has 0 aliphatic carbocycles. The van der Waals surface area contributed by atoms with Gasteiger partial charge in [-0.05, 0) is 17.0 Å². The summed E-state index contributed by atoms with van der Waals surface area (Å²) in [5.41, 5.74) is 0.872. The van der Waals surface area contributed by atoms with Gasteiger partial charge in [0.1, 0.15) is 5.75 Å². The normalized spacial score (nSPS) is 12.0. The molecule has 0 fully saturated rings. The molecule has 0 unspecified atom stereocenters. The van der Waals surface area contributed by atoms with Gasteiger partial charge in [-0.2, -0.15) is 0 Å². The first-order valence-corrected chi connectivity index (χ1v) is 6.83. The molecule has 2 aromatic carbocycles. The third kappa shape index (κ3) is 2.15. The quantitative estimate of drug-likeness (QED) is 0.361. The summed E-state index contributed by atoms with van der Waals surface area (Å²) in [7, 11) is -0.786. The van der Waals surface area contributed by atoms with Crippen LogP contribution in [0.1, 0.15) is 26.3 Å². The predicted molar refractivity (Wildman–Crippen MR) is 75.2 cm³/mol. The fourth-order valence-electron chi connectivity index (χ4n) is 2.01. The van der Waals surface area contributed by atoms with Gasteiger partial charge in [0.05, 0.1) is 5.19 Å². The molecule has 2 rings (SSSR count). The smallest absolute Gasteiger partial charge is 0.273 e. The van der Waals surface area contributed by atoms with E-state index in [0.717, 1.165) is 5.56 Å². The minimum atomic E-state index is -0.786. The van der Waals surface area contributed by atoms with Crippen molar-refractivity contribution in [3.63, 3.8) is 0 Å². The van der Waals surface area contributed by atoms with Crippen LogP contribution in [0.5, 0.6) is 17.2 Å². The van der Waals surface area contributed by atoms with Crippen molar-refractivity contribution < 1.29 is 20.1 Å². The molecule has 0 amide bonds. The third-order valence-electron chi connectivity index (χ3n) is 3.21. The maximum atomic E-state index is 10.0. The molecule has 0 saturated carbocycles. The summed E-state index contributed by atoms with van der Waals surface area (Å²) in [6.45, 7) is 6.11. The summed E-state index contributed by atoms with van der Waals surface area (Å²) in [5.74, 6) is -0.959. The molecular weight excluding hydrogens is 260 g/mol. The first-order valence-electron chi connectivity index (χ1n) is 5.88. The zero-order valence-electron chi connectivity index (χ0n) is 11.0. The molecule has 0 bridgehead atoms. The van der Waals surface area contributed by atoms with Gasteiger partial charge in [-0.3, -0.25) is 0 Å². The highest BCUT2D eigenvalue weighted by atomic mass is 28.2. The lowest BCUT2D eigenvalue weighted by molar-refractivity contribution is 0.405. The van der Waals surface area contributed by atoms with E-state index >= 15 is 0 Å². The van der Waals surface area contributed by atoms with Crippen molar-refractivity contribution >= 4 is 25.7 Å². The lowest BCUT2D eigenvalue weighted by Crippen LogP contribution is -2.15. The number of hydrogen-bond acceptors (Lipinski definition) is 4. The van der Waals surface area contributed by atoms with E-state index in [0.29, 0.717) is 10.8 Å². The molecule has 2 aromatic rings. The second kappa shape index (κ2) is 4.43. The number of rotatable bonds is 1. The van der Waals surface area contributed by atoms with Crippen LogP contribution in [0.2, 0.25) is 0 Å². The molecule has 0 spiro atoms. The molecule has 2 radical (unpaired) electrons. The van der Waals surface area contributed by atoms with Gasteiger partial charge in [0, 0.05) is 10.8 Å². The molecule has 0 aromatic heterocycles. The standard InChI is InChI=1S/C14H16O4Si/c1-14(2,3)7-4-5-8-9(6-7)10(15)12(17)13(19-18)11(8)16/h4-6,15-18H,1-3H3. The average Bonchev–Trinajstić information content (AvgIpc) is 2.35. The molecule has 0 atom stereocenters. The number of phenols is 3. The molecule has 19 heavy (non-hydrogen) atoms. The van der Waals surface area contributed by atoms with Crippen LogP contribution < -0.4 is 5.19 Å². The van der Waals surface area contributed by atoms with Gasteiger partial charge < -0.3 is 20.1 Å². The van der Waals surface area contributed by atoms with Gasteiger partial charge in [-0.25, -0.2) is 0 Å². The van der Waals surface area contributed by atoms with Crippen LogP contribution in [0.3, 0.4) is 0 Å². The summed E-state index contributed by atoms with van der Waals surface area (Å²) in [4.78, 5) is 9.16. The maximum Gasteiger partial charge on any atom is 0.273 e. The van der Waals surface area contributed by atoms with E-state index in [1.54, 1.807) is 12.1 Å². The highest BCUT2D eigenvalue weighted by molar-refractivity contribution is 6.49. The topological polar surface area (TPSA) is 80.9 Å². The van der Waals surface area contributed by atoms with E-state index in [9.17, 15) is 15.3 Å². The summed E-state index contributed by atoms with van der Waals surface area (Å²) in [6.07, 6.45) is 0. The van der Waals surface area contributed by atoms with Crippen LogP contribution >= 0.6 is 0 Å². The van der Waals surface area contributed by atoms with Crippen LogP contribution in [0.4, 0.5) is 0 Å². The van der Waals surface area contributed by atoms with Crippen molar-refractivity contribution in [3.8, 4) is 17.2 Å². The average molecular weight is 276 g/mol. The number of fused-ring (bicyclic) bond motifs is 1. The third-order valence-corrected chi connectivity index (χ3v) is 3.90. The molecule has 5 heteroatoms. The molecule has 100 valence electrons. The summed E-state index contributed by atoms with van der Waals surface area (Å²) in [6, 6.07) is 5.30. The summed E-state index contributed by atoms with van der Waals surface area (Å²) >= 11 is 0. The molecule has 0 aliphatic heterocycles. The lowest BCUT2D eigenvalue weighted by atomic mass is 9.85. The Hall–Kier alpha value is -1.72. The Balaban J connectivity index is 2.85. The molecule has 0 aliphatic rings. The largest absolute Gasteiger partial charge is 0.507 e. The van der Waals surface area contributed by atoms with Gasteiger partial charge in [0.25, 0.3) is 9.76 Å². The fourth-order valence-corrected chi connectivity index (χ4v) is 2.48. The van der Waals surface area contributed by atoms with Crippen LogP contribution in [-0.2, 0) is 5.41 Å². The number of phenolic OH excluding ortho intramolecular Hbond substituents is 3. The first kappa shape index (κ1) is 13.7. The van der Waals surface area contributed by atoms with Crippen molar-refractivity contribution in [1.29, 1.82) is 0 Å². The Bertz CT molecular complexity index is 644. The van der Waals surface area contributed by atoms with Gasteiger partial charge in [-0.1, -0.05) is 32.9 Å². The van der Waals surface area contributed by atoms with E-state index in [1.165, 1.54) is 0 Å². The Labute approximate surface area is 113 Å². The van der Waals surface area contributed by atoms with E-state index in [-0.39, 0.29) is 22.1 Å². The Morgan fingerprint density at radius 3 is 2.05 bits per heavy atom. The van der Waals surface area contributed by atoms with E-state index < -0.39 is 15.5 Å². The predicted octanol–water partition coefficient (Wildman–Crippen LogP) is 1.49. The van der Waals surface area contributed by atoms with Crippen LogP contribution in [0, 0.1) is 0 Å². The van der Waals surface area contributed by atoms with Crippen molar-refractivity contribution in [2.45, 2.75) is 26.2 Å². The molecular formula is C14H16O4Si. The Morgan fingerprint density at radius 2 is 1.53 bits per heavy atom. The van der Waals surface area contributed by atoms with Gasteiger partial charge >= 0.3 is 0 Å². The highest BCUT2D eigenvalue weighted by Gasteiger charge is 2.21. The van der Waals surface area contributed by atoms with Gasteiger partial charge in [0.2, 0.25) is 0 Å². The van der Waals surface area contributed by atoms with Gasteiger partial charge in [-0.15, -0.1) is 0 Å². The maximum absolute atomic E-state index is 10.0. The van der Waals surface area contributed by atoms with Crippen molar-refractivity contribution in [2.24, 2.45) is 0 Å². The number of benzene rings is 2. The molecule has 0 heterocycles. The van der Waals surface area contributed by atoms with E-state index in [4.69, 9.17) is 4.80 Å². The van der Waals surface area contributed by atoms with Crippen molar-refractivity contribution in [1.82, 2.24) is 0 Å². The highest BCUT2D eigenvalue weighted by Crippen LogP contribution is 2.39. The summed E-state index contributed by atoms with van der Waals surface area (Å²) < 4.78 is 0. The first-order chi connectivity index (χ1) is 8.77. The van der Waals surface area contributed by atoms with Crippen LogP contribution in [0.15, 0.2) is 18.2 Å². The zero-order chi connectivity index (χ0) is 14.4. The van der Waals surface area contributed by atoms with E-state index in [1.807, 2.05) is 26.8 Å². The molecule has 4 N–H and O–H groups in total. The van der Waals surface area contributed by atoms with Gasteiger partial charge in [0.15, 0.2) is 11.5 Å². The SMILES string of the molecule is CC(C)(C)c1ccc2c(O)c([Si]O)c(O)c(O)c2c1. The monoisotopic (exact) mass is 276 g/mol. The fraction of sp³-hybridized carbons (Fsp3) is 0.286. The molecule has 4 nitrogen and oxygen atoms in total. The Morgan fingerprint density at radius 1 is 0.895 bits per heavy atom. The molecule has 0 saturated heterocycles. The van der Waals surface area contributed by atoms with Crippen LogP contribution in [-0.4, -0.2) is 29.9 Å². The summed E-state index contributed by atoms with van der Waals surface area (Å²) in [5, 5.41) is 30.6. The van der Waals surface area contributed by atoms with Crippen molar-refractivity contribution in [3.05, 3.63) is 23.8 Å². The zero-order valence-corrected chi connectivity index (χ0v) is 12.0. The number of aromatic hydroxyl groups is 3. The van der Waals surface area contributed by atoms with E-state index in [2.05, 4.69) is 0 Å². The Kier molecular flexibility index (Phi) is 3.20. The second-order valence-electron chi connectivity index (χ2n) is 5.54.